The van der Waals surface area contributed by atoms with Crippen molar-refractivity contribution in [2.24, 2.45) is 0 Å². The van der Waals surface area contributed by atoms with Gasteiger partial charge < -0.3 is 14.8 Å². The second-order valence-electron chi connectivity index (χ2n) is 8.16. The van der Waals surface area contributed by atoms with E-state index in [9.17, 15) is 4.79 Å². The molecule has 0 aliphatic heterocycles. The quantitative estimate of drug-likeness (QED) is 0.302. The van der Waals surface area contributed by atoms with E-state index in [-0.39, 0.29) is 11.7 Å². The lowest BCUT2D eigenvalue weighted by Gasteiger charge is -2.17. The summed E-state index contributed by atoms with van der Waals surface area (Å²) in [4.78, 5) is 12.7. The van der Waals surface area contributed by atoms with Gasteiger partial charge in [0, 0.05) is 17.4 Å². The van der Waals surface area contributed by atoms with Crippen LogP contribution in [-0.2, 0) is 4.79 Å². The lowest BCUT2D eigenvalue weighted by Crippen LogP contribution is -2.15. The van der Waals surface area contributed by atoms with Gasteiger partial charge in [0.1, 0.15) is 11.5 Å². The number of aryl methyl sites for hydroxylation is 2. The number of benzene rings is 3. The van der Waals surface area contributed by atoms with Gasteiger partial charge in [0.2, 0.25) is 5.91 Å². The fraction of sp³-hybridized carbons (Fsp3) is 0.222. The summed E-state index contributed by atoms with van der Waals surface area (Å²) in [7, 11) is 1.62. The van der Waals surface area contributed by atoms with Crippen molar-refractivity contribution in [3.05, 3.63) is 89.7 Å². The van der Waals surface area contributed by atoms with Crippen molar-refractivity contribution >= 4 is 23.4 Å². The van der Waals surface area contributed by atoms with E-state index in [0.717, 1.165) is 22.5 Å². The maximum atomic E-state index is 12.7. The van der Waals surface area contributed by atoms with Gasteiger partial charge in [0.05, 0.1) is 12.9 Å². The Hall–Kier alpha value is -3.78. The number of para-hydroxylation sites is 1. The molecule has 0 saturated heterocycles. The summed E-state index contributed by atoms with van der Waals surface area (Å²) >= 11 is 1.33. The van der Waals surface area contributed by atoms with Crippen LogP contribution in [0.2, 0.25) is 0 Å². The van der Waals surface area contributed by atoms with E-state index in [0.29, 0.717) is 22.5 Å². The van der Waals surface area contributed by atoms with E-state index in [4.69, 9.17) is 9.47 Å². The molecule has 0 radical (unpaired) electrons. The van der Waals surface area contributed by atoms with Gasteiger partial charge in [-0.1, -0.05) is 42.1 Å². The van der Waals surface area contributed by atoms with Crippen molar-refractivity contribution in [2.45, 2.75) is 32.0 Å². The van der Waals surface area contributed by atoms with Crippen LogP contribution < -0.4 is 14.8 Å². The highest BCUT2D eigenvalue weighted by molar-refractivity contribution is 7.99. The van der Waals surface area contributed by atoms with Gasteiger partial charge >= 0.3 is 0 Å². The van der Waals surface area contributed by atoms with E-state index in [1.165, 1.54) is 11.8 Å². The molecule has 0 spiro atoms. The number of aromatic nitrogens is 3. The highest BCUT2D eigenvalue weighted by Crippen LogP contribution is 2.29. The van der Waals surface area contributed by atoms with E-state index < -0.39 is 6.10 Å². The summed E-state index contributed by atoms with van der Waals surface area (Å²) in [6.45, 7) is 5.94. The van der Waals surface area contributed by atoms with Crippen molar-refractivity contribution in [3.63, 3.8) is 0 Å². The molecule has 1 unspecified atom stereocenters. The molecule has 1 N–H and O–H groups in total. The molecule has 4 rings (SSSR count). The van der Waals surface area contributed by atoms with Gasteiger partial charge in [-0.25, -0.2) is 0 Å². The van der Waals surface area contributed by atoms with Crippen LogP contribution in [0.4, 0.5) is 5.69 Å². The number of methoxy groups -OCH3 is 1. The molecule has 0 saturated carbocycles. The SMILES string of the molecule is COc1cccc(OC(C)c2nnc(SCC(=O)Nc3cc(C)cc(C)c3)n2-c2ccccc2)c1. The smallest absolute Gasteiger partial charge is 0.234 e. The molecule has 1 heterocycles. The number of hydrogen-bond donors (Lipinski definition) is 1. The molecular formula is C27H28N4O3S. The topological polar surface area (TPSA) is 78.3 Å². The summed E-state index contributed by atoms with van der Waals surface area (Å²) in [6, 6.07) is 23.2. The lowest BCUT2D eigenvalue weighted by molar-refractivity contribution is -0.113. The van der Waals surface area contributed by atoms with Crippen molar-refractivity contribution in [1.29, 1.82) is 0 Å². The Bertz CT molecular complexity index is 1290. The zero-order chi connectivity index (χ0) is 24.8. The molecule has 3 aromatic carbocycles. The Morgan fingerprint density at radius 3 is 2.40 bits per heavy atom. The minimum atomic E-state index is -0.395. The molecule has 0 aliphatic carbocycles. The maximum absolute atomic E-state index is 12.7. The number of nitrogens with one attached hydrogen (secondary N) is 1. The molecule has 8 heteroatoms. The first-order valence-corrected chi connectivity index (χ1v) is 12.2. The van der Waals surface area contributed by atoms with Crippen LogP contribution >= 0.6 is 11.8 Å². The molecule has 1 aromatic heterocycles. The van der Waals surface area contributed by atoms with Crippen molar-refractivity contribution in [3.8, 4) is 17.2 Å². The number of hydrogen-bond acceptors (Lipinski definition) is 6. The van der Waals surface area contributed by atoms with Crippen molar-refractivity contribution in [1.82, 2.24) is 14.8 Å². The zero-order valence-corrected chi connectivity index (χ0v) is 21.0. The van der Waals surface area contributed by atoms with Gasteiger partial charge in [-0.2, -0.15) is 0 Å². The molecule has 0 aliphatic rings. The van der Waals surface area contributed by atoms with Crippen LogP contribution in [0.3, 0.4) is 0 Å². The molecule has 0 bridgehead atoms. The number of carbonyl (C=O) groups excluding carboxylic acids is 1. The standard InChI is InChI=1S/C27H28N4O3S/c1-18-13-19(2)15-21(14-18)28-25(32)17-35-27-30-29-26(31(27)22-9-6-5-7-10-22)20(3)34-24-12-8-11-23(16-24)33-4/h5-16,20H,17H2,1-4H3,(H,28,32). The summed E-state index contributed by atoms with van der Waals surface area (Å²) in [5.74, 6) is 2.11. The normalized spacial score (nSPS) is 11.7. The Morgan fingerprint density at radius 2 is 1.69 bits per heavy atom. The third-order valence-electron chi connectivity index (χ3n) is 5.23. The molecular weight excluding hydrogens is 460 g/mol. The largest absolute Gasteiger partial charge is 0.497 e. The van der Waals surface area contributed by atoms with Crippen LogP contribution in [0.15, 0.2) is 78.0 Å². The molecule has 180 valence electrons. The fourth-order valence-electron chi connectivity index (χ4n) is 3.76. The van der Waals surface area contributed by atoms with E-state index in [2.05, 4.69) is 21.6 Å². The molecule has 7 nitrogen and oxygen atoms in total. The maximum Gasteiger partial charge on any atom is 0.234 e. The highest BCUT2D eigenvalue weighted by Gasteiger charge is 2.22. The number of carbonyl (C=O) groups is 1. The van der Waals surface area contributed by atoms with Gasteiger partial charge in [-0.15, -0.1) is 10.2 Å². The Morgan fingerprint density at radius 1 is 0.971 bits per heavy atom. The van der Waals surface area contributed by atoms with E-state index in [1.54, 1.807) is 7.11 Å². The predicted octanol–water partition coefficient (Wildman–Crippen LogP) is 5.76. The number of anilines is 1. The molecule has 0 fully saturated rings. The summed E-state index contributed by atoms with van der Waals surface area (Å²) in [6.07, 6.45) is -0.395. The van der Waals surface area contributed by atoms with Gasteiger partial charge in [-0.05, 0) is 68.3 Å². The first kappa shape index (κ1) is 24.3. The average molecular weight is 489 g/mol. The second kappa shape index (κ2) is 11.1. The summed E-state index contributed by atoms with van der Waals surface area (Å²) in [5, 5.41) is 12.4. The minimum Gasteiger partial charge on any atom is -0.497 e. The lowest BCUT2D eigenvalue weighted by atomic mass is 10.1. The van der Waals surface area contributed by atoms with Gasteiger partial charge in [-0.3, -0.25) is 9.36 Å². The third-order valence-corrected chi connectivity index (χ3v) is 6.16. The Labute approximate surface area is 209 Å². The number of amides is 1. The molecule has 1 amide bonds. The Balaban J connectivity index is 1.54. The molecule has 4 aromatic rings. The monoisotopic (exact) mass is 488 g/mol. The van der Waals surface area contributed by atoms with Crippen LogP contribution in [-0.4, -0.2) is 33.5 Å². The molecule has 1 atom stereocenters. The first-order chi connectivity index (χ1) is 16.9. The third kappa shape index (κ3) is 6.22. The van der Waals surface area contributed by atoms with Crippen LogP contribution in [0.5, 0.6) is 11.5 Å². The van der Waals surface area contributed by atoms with Crippen molar-refractivity contribution in [2.75, 3.05) is 18.2 Å². The van der Waals surface area contributed by atoms with E-state index >= 15 is 0 Å². The second-order valence-corrected chi connectivity index (χ2v) is 9.11. The summed E-state index contributed by atoms with van der Waals surface area (Å²) < 4.78 is 13.4. The average Bonchev–Trinajstić information content (AvgIpc) is 3.27. The fourth-order valence-corrected chi connectivity index (χ4v) is 4.52. The van der Waals surface area contributed by atoms with Gasteiger partial charge in [0.15, 0.2) is 17.1 Å². The number of nitrogens with zero attached hydrogens (tertiary/aromatic N) is 3. The zero-order valence-electron chi connectivity index (χ0n) is 20.2. The van der Waals surface area contributed by atoms with Crippen LogP contribution in [0.1, 0.15) is 30.0 Å². The summed E-state index contributed by atoms with van der Waals surface area (Å²) in [5.41, 5.74) is 3.89. The highest BCUT2D eigenvalue weighted by atomic mass is 32.2. The number of thioether (sulfide) groups is 1. The first-order valence-electron chi connectivity index (χ1n) is 11.3. The predicted molar refractivity (Wildman–Crippen MR) is 139 cm³/mol. The Kier molecular flexibility index (Phi) is 7.72. The number of ether oxygens (including phenoxy) is 2. The van der Waals surface area contributed by atoms with Gasteiger partial charge in [0.25, 0.3) is 0 Å². The van der Waals surface area contributed by atoms with E-state index in [1.807, 2.05) is 92.1 Å². The molecule has 35 heavy (non-hydrogen) atoms. The van der Waals surface area contributed by atoms with Crippen molar-refractivity contribution < 1.29 is 14.3 Å². The van der Waals surface area contributed by atoms with Crippen LogP contribution in [0.25, 0.3) is 5.69 Å². The number of rotatable bonds is 9. The minimum absolute atomic E-state index is 0.107. The van der Waals surface area contributed by atoms with Crippen LogP contribution in [0, 0.1) is 13.8 Å².